The number of nitrogens with one attached hydrogen (secondary N) is 1. The van der Waals surface area contributed by atoms with Crippen LogP contribution in [0, 0.1) is 13.8 Å². The molecule has 0 aliphatic rings. The van der Waals surface area contributed by atoms with E-state index < -0.39 is 0 Å². The Labute approximate surface area is 132 Å². The van der Waals surface area contributed by atoms with Crippen LogP contribution in [0.25, 0.3) is 0 Å². The average molecular weight is 352 g/mol. The standard InChI is InChI=1S/C16H18BrNO3/c1-9-7-13(11(3)21-9)16(19)18-10(2)12-5-6-15(20-4)14(17)8-12/h5-8,10H,1-4H3,(H,18,19). The minimum atomic E-state index is -0.135. The number of hydrogen-bond acceptors (Lipinski definition) is 3. The van der Waals surface area contributed by atoms with Gasteiger partial charge in [-0.05, 0) is 60.5 Å². The summed E-state index contributed by atoms with van der Waals surface area (Å²) < 4.78 is 11.4. The Morgan fingerprint density at radius 2 is 2.05 bits per heavy atom. The van der Waals surface area contributed by atoms with E-state index in [4.69, 9.17) is 9.15 Å². The van der Waals surface area contributed by atoms with Crippen LogP contribution in [0.5, 0.6) is 5.75 Å². The number of aryl methyl sites for hydroxylation is 2. The van der Waals surface area contributed by atoms with Gasteiger partial charge < -0.3 is 14.5 Å². The number of rotatable bonds is 4. The topological polar surface area (TPSA) is 51.5 Å². The maximum Gasteiger partial charge on any atom is 0.255 e. The lowest BCUT2D eigenvalue weighted by atomic mass is 10.1. The summed E-state index contributed by atoms with van der Waals surface area (Å²) in [5.41, 5.74) is 1.57. The molecule has 1 unspecified atom stereocenters. The molecule has 0 aliphatic heterocycles. The van der Waals surface area contributed by atoms with Gasteiger partial charge in [-0.1, -0.05) is 6.07 Å². The van der Waals surface area contributed by atoms with Crippen LogP contribution in [0.2, 0.25) is 0 Å². The lowest BCUT2D eigenvalue weighted by Crippen LogP contribution is -2.26. The molecule has 2 rings (SSSR count). The molecule has 0 fully saturated rings. The Kier molecular flexibility index (Phi) is 4.73. The molecule has 112 valence electrons. The van der Waals surface area contributed by atoms with E-state index in [0.717, 1.165) is 21.5 Å². The fourth-order valence-corrected chi connectivity index (χ4v) is 2.72. The number of carbonyl (C=O) groups excluding carboxylic acids is 1. The third kappa shape index (κ3) is 3.47. The number of benzene rings is 1. The number of ether oxygens (including phenoxy) is 1. The van der Waals surface area contributed by atoms with E-state index in [9.17, 15) is 4.79 Å². The summed E-state index contributed by atoms with van der Waals surface area (Å²) in [7, 11) is 1.62. The van der Waals surface area contributed by atoms with Gasteiger partial charge >= 0.3 is 0 Å². The Morgan fingerprint density at radius 3 is 2.57 bits per heavy atom. The highest BCUT2D eigenvalue weighted by molar-refractivity contribution is 9.10. The van der Waals surface area contributed by atoms with E-state index in [1.807, 2.05) is 32.0 Å². The Bertz CT molecular complexity index is 664. The molecular formula is C16H18BrNO3. The molecule has 1 aromatic carbocycles. The van der Waals surface area contributed by atoms with Crippen molar-refractivity contribution < 1.29 is 13.9 Å². The van der Waals surface area contributed by atoms with Crippen LogP contribution in [0.15, 0.2) is 33.2 Å². The number of amides is 1. The molecular weight excluding hydrogens is 334 g/mol. The molecule has 0 aliphatic carbocycles. The molecule has 1 aromatic heterocycles. The van der Waals surface area contributed by atoms with Crippen LogP contribution >= 0.6 is 15.9 Å². The summed E-state index contributed by atoms with van der Waals surface area (Å²) in [5.74, 6) is 1.99. The van der Waals surface area contributed by atoms with Gasteiger partial charge in [0.25, 0.3) is 5.91 Å². The quantitative estimate of drug-likeness (QED) is 0.899. The minimum Gasteiger partial charge on any atom is -0.496 e. The maximum atomic E-state index is 12.3. The van der Waals surface area contributed by atoms with E-state index in [-0.39, 0.29) is 11.9 Å². The van der Waals surface area contributed by atoms with Crippen LogP contribution in [0.4, 0.5) is 0 Å². The summed E-state index contributed by atoms with van der Waals surface area (Å²) in [6.45, 7) is 5.55. The molecule has 21 heavy (non-hydrogen) atoms. The molecule has 5 heteroatoms. The van der Waals surface area contributed by atoms with Gasteiger partial charge in [0.05, 0.1) is 23.2 Å². The second kappa shape index (κ2) is 6.35. The second-order valence-corrected chi connectivity index (χ2v) is 5.77. The first-order valence-corrected chi connectivity index (χ1v) is 7.43. The van der Waals surface area contributed by atoms with E-state index in [0.29, 0.717) is 11.3 Å². The molecule has 4 nitrogen and oxygen atoms in total. The molecule has 2 aromatic rings. The number of methoxy groups -OCH3 is 1. The third-order valence-corrected chi connectivity index (χ3v) is 3.93. The largest absolute Gasteiger partial charge is 0.496 e. The summed E-state index contributed by atoms with van der Waals surface area (Å²) in [4.78, 5) is 12.3. The molecule has 1 atom stereocenters. The Hall–Kier alpha value is -1.75. The van der Waals surface area contributed by atoms with Crippen molar-refractivity contribution in [1.29, 1.82) is 0 Å². The molecule has 0 bridgehead atoms. The number of furan rings is 1. The van der Waals surface area contributed by atoms with Gasteiger partial charge in [0, 0.05) is 0 Å². The van der Waals surface area contributed by atoms with Crippen molar-refractivity contribution >= 4 is 21.8 Å². The number of halogens is 1. The fourth-order valence-electron chi connectivity index (χ4n) is 2.17. The van der Waals surface area contributed by atoms with Crippen molar-refractivity contribution in [1.82, 2.24) is 5.32 Å². The van der Waals surface area contributed by atoms with Gasteiger partial charge in [-0.25, -0.2) is 0 Å². The SMILES string of the molecule is COc1ccc(C(C)NC(=O)c2cc(C)oc2C)cc1Br. The monoisotopic (exact) mass is 351 g/mol. The van der Waals surface area contributed by atoms with Crippen LogP contribution in [0.3, 0.4) is 0 Å². The molecule has 1 amide bonds. The van der Waals surface area contributed by atoms with Gasteiger partial charge in [-0.2, -0.15) is 0 Å². The lowest BCUT2D eigenvalue weighted by molar-refractivity contribution is 0.0938. The summed E-state index contributed by atoms with van der Waals surface area (Å²) in [6, 6.07) is 7.38. The highest BCUT2D eigenvalue weighted by Gasteiger charge is 2.17. The fraction of sp³-hybridized carbons (Fsp3) is 0.312. The van der Waals surface area contributed by atoms with Crippen LogP contribution in [-0.2, 0) is 0 Å². The second-order valence-electron chi connectivity index (χ2n) is 4.92. The Morgan fingerprint density at radius 1 is 1.33 bits per heavy atom. The molecule has 0 saturated heterocycles. The zero-order valence-electron chi connectivity index (χ0n) is 12.5. The predicted molar refractivity (Wildman–Crippen MR) is 84.8 cm³/mol. The van der Waals surface area contributed by atoms with Crippen molar-refractivity contribution in [2.75, 3.05) is 7.11 Å². The van der Waals surface area contributed by atoms with E-state index in [1.165, 1.54) is 0 Å². The van der Waals surface area contributed by atoms with Crippen molar-refractivity contribution in [3.05, 3.63) is 51.4 Å². The van der Waals surface area contributed by atoms with E-state index >= 15 is 0 Å². The van der Waals surface area contributed by atoms with Crippen molar-refractivity contribution in [2.24, 2.45) is 0 Å². The summed E-state index contributed by atoms with van der Waals surface area (Å²) in [5, 5.41) is 2.97. The highest BCUT2D eigenvalue weighted by Crippen LogP contribution is 2.28. The molecule has 0 radical (unpaired) electrons. The zero-order chi connectivity index (χ0) is 15.6. The minimum absolute atomic E-state index is 0.116. The van der Waals surface area contributed by atoms with Gasteiger partial charge in [-0.15, -0.1) is 0 Å². The molecule has 1 heterocycles. The first kappa shape index (κ1) is 15.6. The van der Waals surface area contributed by atoms with Crippen LogP contribution in [0.1, 0.15) is 40.4 Å². The summed E-state index contributed by atoms with van der Waals surface area (Å²) in [6.07, 6.45) is 0. The summed E-state index contributed by atoms with van der Waals surface area (Å²) >= 11 is 3.45. The predicted octanol–water partition coefficient (Wildman–Crippen LogP) is 4.16. The van der Waals surface area contributed by atoms with Gasteiger partial charge in [-0.3, -0.25) is 4.79 Å². The smallest absolute Gasteiger partial charge is 0.255 e. The van der Waals surface area contributed by atoms with Crippen molar-refractivity contribution in [2.45, 2.75) is 26.8 Å². The Balaban J connectivity index is 2.14. The molecule has 1 N–H and O–H groups in total. The van der Waals surface area contributed by atoms with E-state index in [2.05, 4.69) is 21.2 Å². The van der Waals surface area contributed by atoms with Crippen molar-refractivity contribution in [3.8, 4) is 5.75 Å². The molecule has 0 spiro atoms. The van der Waals surface area contributed by atoms with Gasteiger partial charge in [0.1, 0.15) is 17.3 Å². The van der Waals surface area contributed by atoms with Crippen LogP contribution < -0.4 is 10.1 Å². The molecule has 0 saturated carbocycles. The lowest BCUT2D eigenvalue weighted by Gasteiger charge is -2.15. The van der Waals surface area contributed by atoms with Gasteiger partial charge in [0.15, 0.2) is 0 Å². The zero-order valence-corrected chi connectivity index (χ0v) is 14.1. The van der Waals surface area contributed by atoms with E-state index in [1.54, 1.807) is 20.1 Å². The van der Waals surface area contributed by atoms with Gasteiger partial charge in [0.2, 0.25) is 0 Å². The van der Waals surface area contributed by atoms with Crippen molar-refractivity contribution in [3.63, 3.8) is 0 Å². The number of hydrogen-bond donors (Lipinski definition) is 1. The average Bonchev–Trinajstić information content (AvgIpc) is 2.77. The first-order chi connectivity index (χ1) is 9.92. The normalized spacial score (nSPS) is 12.0. The first-order valence-electron chi connectivity index (χ1n) is 6.63. The maximum absolute atomic E-state index is 12.3. The highest BCUT2D eigenvalue weighted by atomic mass is 79.9. The van der Waals surface area contributed by atoms with Crippen LogP contribution in [-0.4, -0.2) is 13.0 Å². The number of carbonyl (C=O) groups is 1. The third-order valence-electron chi connectivity index (χ3n) is 3.31.